The van der Waals surface area contributed by atoms with Crippen molar-refractivity contribution < 1.29 is 9.59 Å². The third-order valence-corrected chi connectivity index (χ3v) is 3.19. The van der Waals surface area contributed by atoms with E-state index in [-0.39, 0.29) is 5.91 Å². The van der Waals surface area contributed by atoms with Crippen LogP contribution in [0.3, 0.4) is 0 Å². The summed E-state index contributed by atoms with van der Waals surface area (Å²) in [5, 5.41) is 10.8. The molecular formula is C16H11ClN2O2. The summed E-state index contributed by atoms with van der Waals surface area (Å²) in [5.41, 5.74) is 2.49. The Morgan fingerprint density at radius 2 is 1.81 bits per heavy atom. The highest BCUT2D eigenvalue weighted by atomic mass is 35.5. The van der Waals surface area contributed by atoms with Gasteiger partial charge in [-0.25, -0.2) is 0 Å². The first-order valence-electron chi connectivity index (χ1n) is 6.13. The lowest BCUT2D eigenvalue weighted by atomic mass is 10.1. The van der Waals surface area contributed by atoms with E-state index in [2.05, 4.69) is 5.32 Å². The lowest BCUT2D eigenvalue weighted by Gasteiger charge is -2.08. The molecule has 104 valence electrons. The summed E-state index contributed by atoms with van der Waals surface area (Å²) < 4.78 is 0. The molecule has 1 amide bonds. The van der Waals surface area contributed by atoms with Crippen molar-refractivity contribution in [1.82, 2.24) is 0 Å². The van der Waals surface area contributed by atoms with Gasteiger partial charge in [0.1, 0.15) is 0 Å². The number of amides is 1. The van der Waals surface area contributed by atoms with E-state index in [1.165, 1.54) is 6.07 Å². The zero-order valence-electron chi connectivity index (χ0n) is 11.2. The summed E-state index contributed by atoms with van der Waals surface area (Å²) in [4.78, 5) is 23.3. The molecule has 0 spiro atoms. The summed E-state index contributed by atoms with van der Waals surface area (Å²) in [7, 11) is 0. The Kier molecular flexibility index (Phi) is 4.36. The zero-order chi connectivity index (χ0) is 15.4. The van der Waals surface area contributed by atoms with Crippen LogP contribution >= 0.6 is 11.6 Å². The molecule has 0 heterocycles. The maximum atomic E-state index is 12.1. The van der Waals surface area contributed by atoms with Gasteiger partial charge >= 0.3 is 0 Å². The number of carbonyl (C=O) groups excluding carboxylic acids is 2. The molecule has 0 atom stereocenters. The van der Waals surface area contributed by atoms with Crippen molar-refractivity contribution in [2.45, 2.75) is 6.92 Å². The highest BCUT2D eigenvalue weighted by Gasteiger charge is 2.10. The minimum Gasteiger partial charge on any atom is -0.322 e. The number of aryl methyl sites for hydroxylation is 1. The van der Waals surface area contributed by atoms with Gasteiger partial charge in [-0.1, -0.05) is 6.07 Å². The number of nitrogens with zero attached hydrogens (tertiary/aromatic N) is 1. The number of anilines is 1. The van der Waals surface area contributed by atoms with Gasteiger partial charge in [0.15, 0.2) is 0 Å². The first-order valence-corrected chi connectivity index (χ1v) is 6.51. The zero-order valence-corrected chi connectivity index (χ0v) is 11.9. The molecular weight excluding hydrogens is 288 g/mol. The summed E-state index contributed by atoms with van der Waals surface area (Å²) >= 11 is 5.49. The Morgan fingerprint density at radius 3 is 2.38 bits per heavy atom. The van der Waals surface area contributed by atoms with Crippen LogP contribution in [-0.2, 0) is 0 Å². The van der Waals surface area contributed by atoms with Crippen LogP contribution in [0.25, 0.3) is 0 Å². The van der Waals surface area contributed by atoms with E-state index < -0.39 is 5.24 Å². The smallest absolute Gasteiger partial charge is 0.255 e. The van der Waals surface area contributed by atoms with Crippen molar-refractivity contribution in [3.05, 3.63) is 64.7 Å². The predicted molar refractivity (Wildman–Crippen MR) is 80.5 cm³/mol. The Morgan fingerprint density at radius 1 is 1.14 bits per heavy atom. The maximum absolute atomic E-state index is 12.1. The van der Waals surface area contributed by atoms with Crippen LogP contribution in [-0.4, -0.2) is 11.1 Å². The van der Waals surface area contributed by atoms with Crippen molar-refractivity contribution in [3.8, 4) is 6.07 Å². The predicted octanol–water partition coefficient (Wildman–Crippen LogP) is 3.50. The average molecular weight is 299 g/mol. The standard InChI is InChI=1S/C16H11ClN2O2/c1-10-2-7-13(8-14(10)15(17)20)19-16(21)12-5-3-11(9-18)4-6-12/h2-8H,1H3,(H,19,21). The van der Waals surface area contributed by atoms with Gasteiger partial charge in [-0.2, -0.15) is 5.26 Å². The molecule has 0 unspecified atom stereocenters. The first kappa shape index (κ1) is 14.8. The van der Waals surface area contributed by atoms with Gasteiger partial charge in [-0.05, 0) is 60.5 Å². The topological polar surface area (TPSA) is 70.0 Å². The third-order valence-electron chi connectivity index (χ3n) is 2.98. The molecule has 2 aromatic rings. The van der Waals surface area contributed by atoms with E-state index in [1.807, 2.05) is 6.07 Å². The molecule has 0 saturated heterocycles. The van der Waals surface area contributed by atoms with Crippen LogP contribution in [0.1, 0.15) is 31.8 Å². The quantitative estimate of drug-likeness (QED) is 0.882. The molecule has 0 radical (unpaired) electrons. The molecule has 0 aromatic heterocycles. The molecule has 0 fully saturated rings. The number of nitrogens with one attached hydrogen (secondary N) is 1. The Bertz CT molecular complexity index is 746. The second-order valence-electron chi connectivity index (χ2n) is 4.45. The van der Waals surface area contributed by atoms with E-state index in [4.69, 9.17) is 16.9 Å². The molecule has 0 aliphatic rings. The molecule has 2 aromatic carbocycles. The van der Waals surface area contributed by atoms with Gasteiger partial charge in [0.05, 0.1) is 11.6 Å². The minimum atomic E-state index is -0.568. The van der Waals surface area contributed by atoms with Gasteiger partial charge in [0.2, 0.25) is 0 Å². The van der Waals surface area contributed by atoms with Crippen molar-refractivity contribution in [3.63, 3.8) is 0 Å². The number of benzene rings is 2. The summed E-state index contributed by atoms with van der Waals surface area (Å²) in [5.74, 6) is -0.323. The number of nitriles is 1. The molecule has 0 bridgehead atoms. The number of hydrogen-bond acceptors (Lipinski definition) is 3. The van der Waals surface area contributed by atoms with E-state index in [1.54, 1.807) is 43.3 Å². The van der Waals surface area contributed by atoms with Crippen LogP contribution in [0, 0.1) is 18.3 Å². The van der Waals surface area contributed by atoms with Crippen molar-refractivity contribution >= 4 is 28.4 Å². The van der Waals surface area contributed by atoms with Gasteiger partial charge in [-0.3, -0.25) is 9.59 Å². The maximum Gasteiger partial charge on any atom is 0.255 e. The second-order valence-corrected chi connectivity index (χ2v) is 4.79. The van der Waals surface area contributed by atoms with Crippen molar-refractivity contribution in [2.24, 2.45) is 0 Å². The van der Waals surface area contributed by atoms with E-state index >= 15 is 0 Å². The van der Waals surface area contributed by atoms with Crippen LogP contribution in [0.15, 0.2) is 42.5 Å². The fourth-order valence-electron chi connectivity index (χ4n) is 1.81. The summed E-state index contributed by atoms with van der Waals surface area (Å²) in [6.45, 7) is 1.77. The average Bonchev–Trinajstić information content (AvgIpc) is 2.49. The second kappa shape index (κ2) is 6.21. The molecule has 5 heteroatoms. The molecule has 0 saturated carbocycles. The van der Waals surface area contributed by atoms with E-state index in [0.717, 1.165) is 5.56 Å². The molecule has 0 aliphatic carbocycles. The van der Waals surface area contributed by atoms with Crippen molar-refractivity contribution in [2.75, 3.05) is 5.32 Å². The summed E-state index contributed by atoms with van der Waals surface area (Å²) in [6, 6.07) is 13.2. The third kappa shape index (κ3) is 3.47. The molecule has 4 nitrogen and oxygen atoms in total. The number of rotatable bonds is 3. The number of hydrogen-bond donors (Lipinski definition) is 1. The normalized spacial score (nSPS) is 9.76. The Hall–Kier alpha value is -2.64. The molecule has 0 aliphatic heterocycles. The highest BCUT2D eigenvalue weighted by Crippen LogP contribution is 2.18. The van der Waals surface area contributed by atoms with E-state index in [0.29, 0.717) is 22.4 Å². The van der Waals surface area contributed by atoms with Crippen LogP contribution in [0.2, 0.25) is 0 Å². The van der Waals surface area contributed by atoms with Crippen molar-refractivity contribution in [1.29, 1.82) is 5.26 Å². The molecule has 1 N–H and O–H groups in total. The van der Waals surface area contributed by atoms with Crippen LogP contribution in [0.4, 0.5) is 5.69 Å². The largest absolute Gasteiger partial charge is 0.322 e. The lowest BCUT2D eigenvalue weighted by molar-refractivity contribution is 0.102. The number of halogens is 1. The van der Waals surface area contributed by atoms with Gasteiger partial charge in [0.25, 0.3) is 11.1 Å². The lowest BCUT2D eigenvalue weighted by Crippen LogP contribution is -2.12. The molecule has 21 heavy (non-hydrogen) atoms. The van der Waals surface area contributed by atoms with Gasteiger partial charge < -0.3 is 5.32 Å². The van der Waals surface area contributed by atoms with Crippen LogP contribution in [0.5, 0.6) is 0 Å². The first-order chi connectivity index (χ1) is 10.0. The number of carbonyl (C=O) groups is 2. The SMILES string of the molecule is Cc1ccc(NC(=O)c2ccc(C#N)cc2)cc1C(=O)Cl. The minimum absolute atomic E-state index is 0.323. The van der Waals surface area contributed by atoms with Gasteiger partial charge in [-0.15, -0.1) is 0 Å². The fourth-order valence-corrected chi connectivity index (χ4v) is 2.01. The van der Waals surface area contributed by atoms with Gasteiger partial charge in [0, 0.05) is 16.8 Å². The molecule has 2 rings (SSSR count). The fraction of sp³-hybridized carbons (Fsp3) is 0.0625. The van der Waals surface area contributed by atoms with E-state index in [9.17, 15) is 9.59 Å². The highest BCUT2D eigenvalue weighted by molar-refractivity contribution is 6.68. The van der Waals surface area contributed by atoms with Crippen LogP contribution < -0.4 is 5.32 Å². The Labute approximate surface area is 127 Å². The summed E-state index contributed by atoms with van der Waals surface area (Å²) in [6.07, 6.45) is 0. The monoisotopic (exact) mass is 298 g/mol. The Balaban J connectivity index is 2.21.